The van der Waals surface area contributed by atoms with Crippen LogP contribution in [0, 0.1) is 5.92 Å². The molecule has 4 aromatic rings. The monoisotopic (exact) mass is 496 g/mol. The molecule has 3 heterocycles. The van der Waals surface area contributed by atoms with Crippen LogP contribution in [-0.2, 0) is 13.5 Å². The average molecular weight is 497 g/mol. The molecule has 190 valence electrons. The lowest BCUT2D eigenvalue weighted by molar-refractivity contribution is 0.0519. The summed E-state index contributed by atoms with van der Waals surface area (Å²) in [7, 11) is 3.69. The Morgan fingerprint density at radius 1 is 1.03 bits per heavy atom. The number of carbonyl (C=O) groups excluding carboxylic acids is 2. The molecule has 2 aromatic carbocycles. The standard InChI is InChI=1S/C30H32N4O3/c1-32-16-15-26(31-32)30(36)33(2)27(20-22-8-4-3-5-9-22)23-13-17-34(18-14-23)29(35)25-11-6-10-24(21-25)28-12-7-19-37-28/h3-12,15-16,19,21,23,27H,13-14,17-18,20H2,1-2H3/t27-/m1/s1. The summed E-state index contributed by atoms with van der Waals surface area (Å²) in [6.07, 6.45) is 5.86. The van der Waals surface area contributed by atoms with Crippen molar-refractivity contribution < 1.29 is 14.0 Å². The van der Waals surface area contributed by atoms with E-state index in [2.05, 4.69) is 17.2 Å². The first kappa shape index (κ1) is 24.6. The number of nitrogens with zero attached hydrogens (tertiary/aromatic N) is 4. The summed E-state index contributed by atoms with van der Waals surface area (Å²) in [5, 5.41) is 4.33. The van der Waals surface area contributed by atoms with E-state index in [0.717, 1.165) is 30.6 Å². The maximum atomic E-state index is 13.3. The van der Waals surface area contributed by atoms with E-state index in [1.54, 1.807) is 23.2 Å². The van der Waals surface area contributed by atoms with Gasteiger partial charge in [0.1, 0.15) is 11.5 Å². The molecule has 0 spiro atoms. The van der Waals surface area contributed by atoms with Crippen LogP contribution in [0.4, 0.5) is 0 Å². The molecular weight excluding hydrogens is 464 g/mol. The van der Waals surface area contributed by atoms with Crippen molar-refractivity contribution in [1.82, 2.24) is 19.6 Å². The van der Waals surface area contributed by atoms with E-state index in [-0.39, 0.29) is 23.8 Å². The van der Waals surface area contributed by atoms with E-state index in [0.29, 0.717) is 24.3 Å². The molecule has 0 radical (unpaired) electrons. The number of piperidine rings is 1. The van der Waals surface area contributed by atoms with Crippen molar-refractivity contribution >= 4 is 11.8 Å². The number of aryl methyl sites for hydroxylation is 1. The van der Waals surface area contributed by atoms with Crippen molar-refractivity contribution in [3.8, 4) is 11.3 Å². The van der Waals surface area contributed by atoms with Gasteiger partial charge in [0.05, 0.1) is 6.26 Å². The zero-order chi connectivity index (χ0) is 25.8. The molecule has 1 fully saturated rings. The number of carbonyl (C=O) groups is 2. The third kappa shape index (κ3) is 5.50. The fourth-order valence-electron chi connectivity index (χ4n) is 5.25. The van der Waals surface area contributed by atoms with Crippen LogP contribution in [0.2, 0.25) is 0 Å². The summed E-state index contributed by atoms with van der Waals surface area (Å²) >= 11 is 0. The molecule has 37 heavy (non-hydrogen) atoms. The lowest BCUT2D eigenvalue weighted by atomic mass is 9.84. The summed E-state index contributed by atoms with van der Waals surface area (Å²) in [4.78, 5) is 30.4. The first-order valence-corrected chi connectivity index (χ1v) is 12.7. The molecule has 7 heteroatoms. The number of amides is 2. The number of hydrogen-bond donors (Lipinski definition) is 0. The van der Waals surface area contributed by atoms with Crippen molar-refractivity contribution in [3.05, 3.63) is 102 Å². The Morgan fingerprint density at radius 3 is 2.49 bits per heavy atom. The fraction of sp³-hybridized carbons (Fsp3) is 0.300. The molecular formula is C30H32N4O3. The van der Waals surface area contributed by atoms with Crippen molar-refractivity contribution in [1.29, 1.82) is 0 Å². The number of hydrogen-bond acceptors (Lipinski definition) is 4. The first-order valence-electron chi connectivity index (χ1n) is 12.7. The number of rotatable bonds is 7. The van der Waals surface area contributed by atoms with Crippen LogP contribution in [-0.4, -0.2) is 57.6 Å². The molecule has 1 aliphatic rings. The number of likely N-dealkylation sites (tertiary alicyclic amines) is 1. The smallest absolute Gasteiger partial charge is 0.274 e. The van der Waals surface area contributed by atoms with Gasteiger partial charge in [-0.05, 0) is 61.1 Å². The van der Waals surface area contributed by atoms with Gasteiger partial charge in [-0.3, -0.25) is 14.3 Å². The zero-order valence-electron chi connectivity index (χ0n) is 21.3. The van der Waals surface area contributed by atoms with Gasteiger partial charge in [-0.1, -0.05) is 42.5 Å². The summed E-state index contributed by atoms with van der Waals surface area (Å²) in [6.45, 7) is 1.32. The Balaban J connectivity index is 1.30. The Bertz CT molecular complexity index is 1340. The Morgan fingerprint density at radius 2 is 1.81 bits per heavy atom. The van der Waals surface area contributed by atoms with Gasteiger partial charge < -0.3 is 14.2 Å². The number of furan rings is 1. The van der Waals surface area contributed by atoms with E-state index in [1.165, 1.54) is 5.56 Å². The molecule has 1 atom stereocenters. The quantitative estimate of drug-likeness (QED) is 0.364. The van der Waals surface area contributed by atoms with Crippen molar-refractivity contribution in [2.24, 2.45) is 13.0 Å². The third-order valence-corrected chi connectivity index (χ3v) is 7.32. The van der Waals surface area contributed by atoms with Gasteiger partial charge >= 0.3 is 0 Å². The summed E-state index contributed by atoms with van der Waals surface area (Å²) in [5.41, 5.74) is 3.20. The number of benzene rings is 2. The van der Waals surface area contributed by atoms with Gasteiger partial charge in [-0.25, -0.2) is 0 Å². The van der Waals surface area contributed by atoms with Crippen LogP contribution in [0.5, 0.6) is 0 Å². The molecule has 2 aromatic heterocycles. The van der Waals surface area contributed by atoms with E-state index >= 15 is 0 Å². The highest BCUT2D eigenvalue weighted by molar-refractivity contribution is 5.95. The van der Waals surface area contributed by atoms with Gasteiger partial charge in [0, 0.05) is 50.6 Å². The maximum absolute atomic E-state index is 13.3. The van der Waals surface area contributed by atoms with Crippen LogP contribution >= 0.6 is 0 Å². The summed E-state index contributed by atoms with van der Waals surface area (Å²) in [5.74, 6) is 0.980. The van der Waals surface area contributed by atoms with E-state index < -0.39 is 0 Å². The second kappa shape index (κ2) is 10.9. The Hall–Kier alpha value is -4.13. The lowest BCUT2D eigenvalue weighted by Gasteiger charge is -2.40. The minimum absolute atomic E-state index is 0.0106. The molecule has 0 saturated carbocycles. The molecule has 1 saturated heterocycles. The van der Waals surface area contributed by atoms with Crippen LogP contribution in [0.25, 0.3) is 11.3 Å². The molecule has 2 amide bonds. The highest BCUT2D eigenvalue weighted by Gasteiger charge is 2.34. The second-order valence-corrected chi connectivity index (χ2v) is 9.74. The Labute approximate surface area is 217 Å². The largest absolute Gasteiger partial charge is 0.464 e. The topological polar surface area (TPSA) is 71.6 Å². The van der Waals surface area contributed by atoms with Crippen LogP contribution < -0.4 is 0 Å². The van der Waals surface area contributed by atoms with Gasteiger partial charge in [0.15, 0.2) is 0 Å². The van der Waals surface area contributed by atoms with Gasteiger partial charge in [-0.15, -0.1) is 0 Å². The highest BCUT2D eigenvalue weighted by Crippen LogP contribution is 2.29. The van der Waals surface area contributed by atoms with Crippen LogP contribution in [0.15, 0.2) is 89.7 Å². The molecule has 0 aliphatic carbocycles. The van der Waals surface area contributed by atoms with Gasteiger partial charge in [0.25, 0.3) is 11.8 Å². The van der Waals surface area contributed by atoms with Crippen molar-refractivity contribution in [2.75, 3.05) is 20.1 Å². The van der Waals surface area contributed by atoms with Gasteiger partial charge in [0.2, 0.25) is 0 Å². The normalized spacial score (nSPS) is 14.9. The number of likely N-dealkylation sites (N-methyl/N-ethyl adjacent to an activating group) is 1. The summed E-state index contributed by atoms with van der Waals surface area (Å²) in [6, 6.07) is 23.4. The molecule has 7 nitrogen and oxygen atoms in total. The molecule has 0 N–H and O–H groups in total. The second-order valence-electron chi connectivity index (χ2n) is 9.74. The maximum Gasteiger partial charge on any atom is 0.274 e. The van der Waals surface area contributed by atoms with Crippen molar-refractivity contribution in [2.45, 2.75) is 25.3 Å². The summed E-state index contributed by atoms with van der Waals surface area (Å²) < 4.78 is 7.15. The van der Waals surface area contributed by atoms with E-state index in [9.17, 15) is 9.59 Å². The predicted molar refractivity (Wildman–Crippen MR) is 142 cm³/mol. The van der Waals surface area contributed by atoms with Crippen molar-refractivity contribution in [3.63, 3.8) is 0 Å². The Kier molecular flexibility index (Phi) is 7.21. The first-order chi connectivity index (χ1) is 18.0. The molecule has 1 aliphatic heterocycles. The molecule has 0 unspecified atom stereocenters. The molecule has 0 bridgehead atoms. The molecule has 5 rings (SSSR count). The zero-order valence-corrected chi connectivity index (χ0v) is 21.3. The average Bonchev–Trinajstić information content (AvgIpc) is 3.64. The third-order valence-electron chi connectivity index (χ3n) is 7.32. The SMILES string of the molecule is CN(C(=O)c1ccn(C)n1)[C@H](Cc1ccccc1)C1CCN(C(=O)c2cccc(-c3ccco3)c2)CC1. The van der Waals surface area contributed by atoms with Gasteiger partial charge in [-0.2, -0.15) is 5.10 Å². The minimum atomic E-state index is -0.0743. The van der Waals surface area contributed by atoms with Crippen LogP contribution in [0.1, 0.15) is 39.3 Å². The fourth-order valence-corrected chi connectivity index (χ4v) is 5.25. The van der Waals surface area contributed by atoms with E-state index in [1.807, 2.05) is 78.5 Å². The number of aromatic nitrogens is 2. The predicted octanol–water partition coefficient (Wildman–Crippen LogP) is 4.92. The van der Waals surface area contributed by atoms with Crippen LogP contribution in [0.3, 0.4) is 0 Å². The lowest BCUT2D eigenvalue weighted by Crippen LogP contribution is -2.48. The van der Waals surface area contributed by atoms with E-state index in [4.69, 9.17) is 4.42 Å². The highest BCUT2D eigenvalue weighted by atomic mass is 16.3. The minimum Gasteiger partial charge on any atom is -0.464 e.